The Kier molecular flexibility index (Phi) is 3.85. The maximum Gasteiger partial charge on any atom is 0.128 e. The SMILES string of the molecule is COCCCc1nc(C)c2c(n1)CCNC2. The molecule has 0 saturated carbocycles. The normalized spacial score (nSPS) is 14.9. The topological polar surface area (TPSA) is 47.0 Å². The van der Waals surface area contributed by atoms with Crippen molar-refractivity contribution in [2.75, 3.05) is 20.3 Å². The van der Waals surface area contributed by atoms with Gasteiger partial charge < -0.3 is 10.1 Å². The number of ether oxygens (including phenoxy) is 1. The van der Waals surface area contributed by atoms with E-state index in [2.05, 4.69) is 22.2 Å². The Morgan fingerprint density at radius 3 is 3.06 bits per heavy atom. The smallest absolute Gasteiger partial charge is 0.128 e. The van der Waals surface area contributed by atoms with E-state index < -0.39 is 0 Å². The first-order valence-corrected chi connectivity index (χ1v) is 5.86. The Bertz CT molecular complexity index is 366. The zero-order chi connectivity index (χ0) is 11.4. The van der Waals surface area contributed by atoms with Gasteiger partial charge in [-0.1, -0.05) is 0 Å². The number of aromatic nitrogens is 2. The van der Waals surface area contributed by atoms with E-state index in [1.165, 1.54) is 11.3 Å². The summed E-state index contributed by atoms with van der Waals surface area (Å²) in [5, 5.41) is 3.35. The molecule has 0 amide bonds. The first-order valence-electron chi connectivity index (χ1n) is 5.86. The van der Waals surface area contributed by atoms with Gasteiger partial charge in [0.05, 0.1) is 5.69 Å². The van der Waals surface area contributed by atoms with Crippen LogP contribution in [0.2, 0.25) is 0 Å². The zero-order valence-corrected chi connectivity index (χ0v) is 10.0. The molecule has 2 heterocycles. The van der Waals surface area contributed by atoms with Gasteiger partial charge in [-0.05, 0) is 13.3 Å². The molecule has 1 N–H and O–H groups in total. The van der Waals surface area contributed by atoms with Crippen molar-refractivity contribution in [1.29, 1.82) is 0 Å². The summed E-state index contributed by atoms with van der Waals surface area (Å²) in [4.78, 5) is 9.19. The zero-order valence-electron chi connectivity index (χ0n) is 10.0. The monoisotopic (exact) mass is 221 g/mol. The number of fused-ring (bicyclic) bond motifs is 1. The van der Waals surface area contributed by atoms with Crippen molar-refractivity contribution < 1.29 is 4.74 Å². The first-order chi connectivity index (χ1) is 7.81. The molecule has 4 nitrogen and oxygen atoms in total. The summed E-state index contributed by atoms with van der Waals surface area (Å²) < 4.78 is 5.04. The molecule has 1 aliphatic rings. The van der Waals surface area contributed by atoms with Crippen molar-refractivity contribution in [3.8, 4) is 0 Å². The molecular formula is C12H19N3O. The third-order valence-corrected chi connectivity index (χ3v) is 2.94. The molecule has 0 saturated heterocycles. The summed E-state index contributed by atoms with van der Waals surface area (Å²) in [6, 6.07) is 0. The molecule has 4 heteroatoms. The lowest BCUT2D eigenvalue weighted by Gasteiger charge is -2.18. The highest BCUT2D eigenvalue weighted by Gasteiger charge is 2.14. The van der Waals surface area contributed by atoms with Gasteiger partial charge in [0.1, 0.15) is 5.82 Å². The molecule has 1 aliphatic heterocycles. The molecule has 0 aromatic carbocycles. The lowest BCUT2D eigenvalue weighted by atomic mass is 10.1. The fraction of sp³-hybridized carbons (Fsp3) is 0.667. The first kappa shape index (κ1) is 11.5. The molecule has 2 rings (SSSR count). The van der Waals surface area contributed by atoms with E-state index in [1.807, 2.05) is 0 Å². The summed E-state index contributed by atoms with van der Waals surface area (Å²) in [5.41, 5.74) is 3.66. The van der Waals surface area contributed by atoms with Crippen LogP contribution in [0.15, 0.2) is 0 Å². The quantitative estimate of drug-likeness (QED) is 0.771. The van der Waals surface area contributed by atoms with Gasteiger partial charge in [0.2, 0.25) is 0 Å². The molecule has 1 aromatic heterocycles. The summed E-state index contributed by atoms with van der Waals surface area (Å²) in [5.74, 6) is 0.968. The number of nitrogens with zero attached hydrogens (tertiary/aromatic N) is 2. The Balaban J connectivity index is 2.12. The van der Waals surface area contributed by atoms with E-state index in [9.17, 15) is 0 Å². The maximum absolute atomic E-state index is 5.04. The van der Waals surface area contributed by atoms with Crippen molar-refractivity contribution in [2.45, 2.75) is 32.7 Å². The van der Waals surface area contributed by atoms with Gasteiger partial charge in [-0.2, -0.15) is 0 Å². The second-order valence-electron chi connectivity index (χ2n) is 4.17. The van der Waals surface area contributed by atoms with Gasteiger partial charge in [0.25, 0.3) is 0 Å². The van der Waals surface area contributed by atoms with Crippen LogP contribution in [-0.4, -0.2) is 30.2 Å². The molecule has 0 aliphatic carbocycles. The lowest BCUT2D eigenvalue weighted by molar-refractivity contribution is 0.194. The van der Waals surface area contributed by atoms with Crippen LogP contribution < -0.4 is 5.32 Å². The third kappa shape index (κ3) is 2.57. The Labute approximate surface area is 96.4 Å². The van der Waals surface area contributed by atoms with Gasteiger partial charge >= 0.3 is 0 Å². The summed E-state index contributed by atoms with van der Waals surface area (Å²) >= 11 is 0. The van der Waals surface area contributed by atoms with E-state index in [4.69, 9.17) is 4.74 Å². The molecule has 16 heavy (non-hydrogen) atoms. The summed E-state index contributed by atoms with van der Waals surface area (Å²) in [6.45, 7) is 4.80. The van der Waals surface area contributed by atoms with E-state index in [0.717, 1.165) is 50.5 Å². The van der Waals surface area contributed by atoms with Crippen LogP contribution in [0.5, 0.6) is 0 Å². The highest BCUT2D eigenvalue weighted by Crippen LogP contribution is 2.15. The van der Waals surface area contributed by atoms with Crippen molar-refractivity contribution in [2.24, 2.45) is 0 Å². The minimum atomic E-state index is 0.779. The lowest BCUT2D eigenvalue weighted by Crippen LogP contribution is -2.26. The number of methoxy groups -OCH3 is 1. The van der Waals surface area contributed by atoms with Crippen molar-refractivity contribution in [3.63, 3.8) is 0 Å². The molecule has 0 atom stereocenters. The molecule has 0 radical (unpaired) electrons. The van der Waals surface area contributed by atoms with Gasteiger partial charge in [-0.3, -0.25) is 0 Å². The fourth-order valence-corrected chi connectivity index (χ4v) is 2.06. The summed E-state index contributed by atoms with van der Waals surface area (Å²) in [7, 11) is 1.73. The van der Waals surface area contributed by atoms with E-state index >= 15 is 0 Å². The molecule has 88 valence electrons. The van der Waals surface area contributed by atoms with E-state index in [-0.39, 0.29) is 0 Å². The van der Waals surface area contributed by atoms with Gasteiger partial charge in [-0.25, -0.2) is 9.97 Å². The predicted octanol–water partition coefficient (Wildman–Crippen LogP) is 1.01. The third-order valence-electron chi connectivity index (χ3n) is 2.94. The maximum atomic E-state index is 5.04. The van der Waals surface area contributed by atoms with Crippen molar-refractivity contribution in [1.82, 2.24) is 15.3 Å². The van der Waals surface area contributed by atoms with Crippen LogP contribution in [0.25, 0.3) is 0 Å². The van der Waals surface area contributed by atoms with E-state index in [0.29, 0.717) is 0 Å². The van der Waals surface area contributed by atoms with E-state index in [1.54, 1.807) is 7.11 Å². The Morgan fingerprint density at radius 1 is 1.38 bits per heavy atom. The predicted molar refractivity (Wildman–Crippen MR) is 62.4 cm³/mol. The molecule has 0 fully saturated rings. The van der Waals surface area contributed by atoms with Crippen LogP contribution in [0, 0.1) is 6.92 Å². The highest BCUT2D eigenvalue weighted by molar-refractivity contribution is 5.27. The number of nitrogens with one attached hydrogen (secondary N) is 1. The number of rotatable bonds is 4. The fourth-order valence-electron chi connectivity index (χ4n) is 2.06. The van der Waals surface area contributed by atoms with Gasteiger partial charge in [0.15, 0.2) is 0 Å². The molecule has 0 bridgehead atoms. The Morgan fingerprint density at radius 2 is 2.25 bits per heavy atom. The minimum Gasteiger partial charge on any atom is -0.385 e. The minimum absolute atomic E-state index is 0.779. The number of hydrogen-bond donors (Lipinski definition) is 1. The van der Waals surface area contributed by atoms with Crippen molar-refractivity contribution >= 4 is 0 Å². The standard InChI is InChI=1S/C12H19N3O/c1-9-10-8-13-6-5-11(10)15-12(14-9)4-3-7-16-2/h13H,3-8H2,1-2H3. The average Bonchev–Trinajstić information content (AvgIpc) is 2.30. The van der Waals surface area contributed by atoms with Crippen LogP contribution in [0.1, 0.15) is 29.2 Å². The number of aryl methyl sites for hydroxylation is 2. The summed E-state index contributed by atoms with van der Waals surface area (Å²) in [6.07, 6.45) is 2.93. The van der Waals surface area contributed by atoms with Crippen molar-refractivity contribution in [3.05, 3.63) is 22.8 Å². The highest BCUT2D eigenvalue weighted by atomic mass is 16.5. The second-order valence-corrected chi connectivity index (χ2v) is 4.17. The van der Waals surface area contributed by atoms with Crippen LogP contribution in [0.3, 0.4) is 0 Å². The second kappa shape index (κ2) is 5.37. The molecule has 1 aromatic rings. The molecular weight excluding hydrogens is 202 g/mol. The molecule has 0 unspecified atom stereocenters. The average molecular weight is 221 g/mol. The van der Waals surface area contributed by atoms with Gasteiger partial charge in [0, 0.05) is 50.9 Å². The Hall–Kier alpha value is -1.00. The largest absolute Gasteiger partial charge is 0.385 e. The van der Waals surface area contributed by atoms with Crippen LogP contribution in [0.4, 0.5) is 0 Å². The van der Waals surface area contributed by atoms with Crippen LogP contribution in [-0.2, 0) is 24.1 Å². The molecule has 0 spiro atoms. The van der Waals surface area contributed by atoms with Gasteiger partial charge in [-0.15, -0.1) is 0 Å². The van der Waals surface area contributed by atoms with Crippen LogP contribution >= 0.6 is 0 Å². The number of hydrogen-bond acceptors (Lipinski definition) is 4.